The van der Waals surface area contributed by atoms with Gasteiger partial charge in [-0.25, -0.2) is 9.97 Å². The van der Waals surface area contributed by atoms with Gasteiger partial charge in [0.1, 0.15) is 5.69 Å². The lowest BCUT2D eigenvalue weighted by atomic mass is 10.1. The van der Waals surface area contributed by atoms with E-state index in [9.17, 15) is 13.2 Å². The number of guanidine groups is 1. The Morgan fingerprint density at radius 2 is 1.88 bits per heavy atom. The zero-order valence-corrected chi connectivity index (χ0v) is 17.0. The highest BCUT2D eigenvalue weighted by Gasteiger charge is 2.32. The molecule has 0 amide bonds. The molecule has 0 unspecified atom stereocenters. The molecule has 0 aliphatic heterocycles. The first-order valence-corrected chi connectivity index (χ1v) is 7.91. The second-order valence-electron chi connectivity index (χ2n) is 5.65. The van der Waals surface area contributed by atoms with E-state index < -0.39 is 11.9 Å². The molecule has 0 saturated carbocycles. The Balaban J connectivity index is 0.00000576. The largest absolute Gasteiger partial charge is 0.433 e. The Morgan fingerprint density at radius 3 is 2.48 bits per heavy atom. The predicted octanol–water partition coefficient (Wildman–Crippen LogP) is 3.13. The molecule has 0 fully saturated rings. The Bertz CT molecular complexity index is 522. The first-order chi connectivity index (χ1) is 11.3. The maximum Gasteiger partial charge on any atom is 0.433 e. The van der Waals surface area contributed by atoms with Crippen LogP contribution in [0.2, 0.25) is 0 Å². The van der Waals surface area contributed by atoms with Gasteiger partial charge in [0.15, 0.2) is 5.96 Å². The molecule has 144 valence electrons. The highest BCUT2D eigenvalue weighted by atomic mass is 127. The SMILES string of the molecule is CN=C(NCCCC(C)C)NCCNc1nccc(C(F)(F)F)n1.I. The summed E-state index contributed by atoms with van der Waals surface area (Å²) in [5, 5.41) is 9.01. The van der Waals surface area contributed by atoms with Gasteiger partial charge in [0, 0.05) is 32.9 Å². The molecule has 3 N–H and O–H groups in total. The first-order valence-electron chi connectivity index (χ1n) is 7.91. The van der Waals surface area contributed by atoms with Gasteiger partial charge in [-0.1, -0.05) is 13.8 Å². The molecule has 1 aromatic rings. The van der Waals surface area contributed by atoms with Crippen molar-refractivity contribution in [2.24, 2.45) is 10.9 Å². The van der Waals surface area contributed by atoms with Crippen molar-refractivity contribution < 1.29 is 13.2 Å². The van der Waals surface area contributed by atoms with Gasteiger partial charge in [0.25, 0.3) is 0 Å². The molecular weight excluding hydrogens is 448 g/mol. The van der Waals surface area contributed by atoms with E-state index in [0.717, 1.165) is 31.6 Å². The third-order valence-corrected chi connectivity index (χ3v) is 3.12. The lowest BCUT2D eigenvalue weighted by Crippen LogP contribution is -2.40. The molecule has 0 spiro atoms. The second kappa shape index (κ2) is 12.1. The third-order valence-electron chi connectivity index (χ3n) is 3.12. The van der Waals surface area contributed by atoms with E-state index in [-0.39, 0.29) is 29.9 Å². The summed E-state index contributed by atoms with van der Waals surface area (Å²) in [5.41, 5.74) is -0.962. The average Bonchev–Trinajstić information content (AvgIpc) is 2.52. The summed E-state index contributed by atoms with van der Waals surface area (Å²) >= 11 is 0. The second-order valence-corrected chi connectivity index (χ2v) is 5.65. The van der Waals surface area contributed by atoms with E-state index in [0.29, 0.717) is 25.0 Å². The van der Waals surface area contributed by atoms with Crippen LogP contribution in [0.1, 0.15) is 32.4 Å². The average molecular weight is 474 g/mol. The third kappa shape index (κ3) is 10.3. The topological polar surface area (TPSA) is 74.2 Å². The number of nitrogens with zero attached hydrogens (tertiary/aromatic N) is 3. The summed E-state index contributed by atoms with van der Waals surface area (Å²) in [6.45, 7) is 6.02. The number of rotatable bonds is 8. The minimum Gasteiger partial charge on any atom is -0.356 e. The molecule has 1 heterocycles. The Morgan fingerprint density at radius 1 is 1.20 bits per heavy atom. The van der Waals surface area contributed by atoms with Crippen molar-refractivity contribution in [1.82, 2.24) is 20.6 Å². The van der Waals surface area contributed by atoms with Crippen LogP contribution in [0.3, 0.4) is 0 Å². The van der Waals surface area contributed by atoms with E-state index in [1.165, 1.54) is 0 Å². The molecule has 0 aromatic carbocycles. The van der Waals surface area contributed by atoms with Crippen LogP contribution in [0.25, 0.3) is 0 Å². The van der Waals surface area contributed by atoms with Gasteiger partial charge in [0.2, 0.25) is 5.95 Å². The molecule has 25 heavy (non-hydrogen) atoms. The summed E-state index contributed by atoms with van der Waals surface area (Å²) in [7, 11) is 1.67. The van der Waals surface area contributed by atoms with Crippen molar-refractivity contribution in [3.05, 3.63) is 18.0 Å². The zero-order valence-electron chi connectivity index (χ0n) is 14.7. The molecule has 6 nitrogen and oxygen atoms in total. The smallest absolute Gasteiger partial charge is 0.356 e. The van der Waals surface area contributed by atoms with Crippen molar-refractivity contribution in [2.45, 2.75) is 32.9 Å². The highest BCUT2D eigenvalue weighted by molar-refractivity contribution is 14.0. The number of anilines is 1. The molecule has 0 radical (unpaired) electrons. The minimum absolute atomic E-state index is 0. The molecular formula is C15H26F3IN6. The fourth-order valence-electron chi connectivity index (χ4n) is 1.89. The number of hydrogen-bond acceptors (Lipinski definition) is 4. The predicted molar refractivity (Wildman–Crippen MR) is 104 cm³/mol. The van der Waals surface area contributed by atoms with Gasteiger partial charge in [0.05, 0.1) is 0 Å². The summed E-state index contributed by atoms with van der Waals surface area (Å²) < 4.78 is 37.7. The normalized spacial score (nSPS) is 11.9. The number of halogens is 4. The van der Waals surface area contributed by atoms with Gasteiger partial charge in [-0.05, 0) is 24.8 Å². The number of nitrogens with one attached hydrogen (secondary N) is 3. The van der Waals surface area contributed by atoms with E-state index in [2.05, 4.69) is 44.8 Å². The molecule has 1 aromatic heterocycles. The maximum absolute atomic E-state index is 12.6. The van der Waals surface area contributed by atoms with E-state index in [1.807, 2.05) is 0 Å². The molecule has 0 saturated heterocycles. The molecule has 0 aliphatic carbocycles. The standard InChI is InChI=1S/C15H25F3N6.HI/c1-11(2)5-4-7-20-13(19-3)22-9-10-23-14-21-8-6-12(24-14)15(16,17)18;/h6,8,11H,4-5,7,9-10H2,1-3H3,(H2,19,20,22)(H,21,23,24);1H. The molecule has 10 heteroatoms. The highest BCUT2D eigenvalue weighted by Crippen LogP contribution is 2.27. The summed E-state index contributed by atoms with van der Waals surface area (Å²) in [6, 6.07) is 0.840. The van der Waals surface area contributed by atoms with Crippen LogP contribution < -0.4 is 16.0 Å². The van der Waals surface area contributed by atoms with Gasteiger partial charge < -0.3 is 16.0 Å². The van der Waals surface area contributed by atoms with E-state index in [4.69, 9.17) is 0 Å². The zero-order chi connectivity index (χ0) is 18.0. The maximum atomic E-state index is 12.6. The number of hydrogen-bond donors (Lipinski definition) is 3. The van der Waals surface area contributed by atoms with Gasteiger partial charge in [-0.2, -0.15) is 13.2 Å². The van der Waals surface area contributed by atoms with Crippen LogP contribution >= 0.6 is 24.0 Å². The van der Waals surface area contributed by atoms with E-state index >= 15 is 0 Å². The number of alkyl halides is 3. The van der Waals surface area contributed by atoms with Crippen molar-refractivity contribution in [2.75, 3.05) is 32.0 Å². The Hall–Kier alpha value is -1.33. The quantitative estimate of drug-likeness (QED) is 0.234. The van der Waals surface area contributed by atoms with Crippen LogP contribution in [0, 0.1) is 5.92 Å². The van der Waals surface area contributed by atoms with Crippen LogP contribution in [0.15, 0.2) is 17.3 Å². The number of aliphatic imine (C=N–C) groups is 1. The summed E-state index contributed by atoms with van der Waals surface area (Å²) in [6.07, 6.45) is -1.20. The Labute approximate surface area is 163 Å². The first kappa shape index (κ1) is 23.7. The van der Waals surface area contributed by atoms with Crippen molar-refractivity contribution in [1.29, 1.82) is 0 Å². The lowest BCUT2D eigenvalue weighted by molar-refractivity contribution is -0.141. The van der Waals surface area contributed by atoms with Crippen molar-refractivity contribution >= 4 is 35.9 Å². The van der Waals surface area contributed by atoms with Gasteiger partial charge >= 0.3 is 6.18 Å². The Kier molecular flexibility index (Phi) is 11.4. The lowest BCUT2D eigenvalue weighted by Gasteiger charge is -2.13. The van der Waals surface area contributed by atoms with Crippen LogP contribution in [-0.4, -0.2) is 42.6 Å². The van der Waals surface area contributed by atoms with Crippen molar-refractivity contribution in [3.8, 4) is 0 Å². The summed E-state index contributed by atoms with van der Waals surface area (Å²) in [4.78, 5) is 11.3. The minimum atomic E-state index is -4.47. The molecule has 1 rings (SSSR count). The fraction of sp³-hybridized carbons (Fsp3) is 0.667. The van der Waals surface area contributed by atoms with Crippen LogP contribution in [0.4, 0.5) is 19.1 Å². The van der Waals surface area contributed by atoms with Gasteiger partial charge in [-0.15, -0.1) is 24.0 Å². The van der Waals surface area contributed by atoms with E-state index in [1.54, 1.807) is 7.05 Å². The molecule has 0 aliphatic rings. The molecule has 0 atom stereocenters. The van der Waals surface area contributed by atoms with Gasteiger partial charge in [-0.3, -0.25) is 4.99 Å². The monoisotopic (exact) mass is 474 g/mol. The summed E-state index contributed by atoms with van der Waals surface area (Å²) in [5.74, 6) is 1.27. The molecule has 0 bridgehead atoms. The van der Waals surface area contributed by atoms with Crippen molar-refractivity contribution in [3.63, 3.8) is 0 Å². The van der Waals surface area contributed by atoms with Crippen LogP contribution in [0.5, 0.6) is 0 Å². The number of aromatic nitrogens is 2. The fourth-order valence-corrected chi connectivity index (χ4v) is 1.89. The van der Waals surface area contributed by atoms with Crippen LogP contribution in [-0.2, 0) is 6.18 Å².